The predicted molar refractivity (Wildman–Crippen MR) is 19.5 cm³/mol. The topological polar surface area (TPSA) is 46.5 Å². The van der Waals surface area contributed by atoms with Crippen molar-refractivity contribution in [3.63, 3.8) is 0 Å². The summed E-state index contributed by atoms with van der Waals surface area (Å²) in [6, 6.07) is 0. The Morgan fingerprint density at radius 2 is 2.20 bits per heavy atom. The molecule has 0 rings (SSSR count). The Morgan fingerprint density at radius 3 is 2.20 bits per heavy atom. The minimum absolute atomic E-state index is 1.68. The number of hydrogen-bond acceptors (Lipinski definition) is 2. The van der Waals surface area contributed by atoms with Gasteiger partial charge < -0.3 is 9.01 Å². The van der Waals surface area contributed by atoms with Crippen LogP contribution in [-0.4, -0.2) is 14.0 Å². The van der Waals surface area contributed by atoms with E-state index in [1.54, 1.807) is 9.47 Å². The van der Waals surface area contributed by atoms with E-state index in [0.29, 0.717) is 0 Å². The Hall–Kier alpha value is 0.0469. The summed E-state index contributed by atoms with van der Waals surface area (Å²) in [4.78, 5) is 7.66. The highest BCUT2D eigenvalue weighted by Gasteiger charge is 1.93. The van der Waals surface area contributed by atoms with Crippen molar-refractivity contribution in [2.45, 2.75) is 0 Å². The quantitative estimate of drug-likeness (QED) is 0.355. The third-order valence-electron chi connectivity index (χ3n) is 0.101. The van der Waals surface area contributed by atoms with E-state index in [-0.39, 0.29) is 0 Å². The largest absolute Gasteiger partial charge is 0.767 e. The average molecular weight is 110 g/mol. The summed E-state index contributed by atoms with van der Waals surface area (Å²) in [6.45, 7) is 0. The van der Waals surface area contributed by atoms with Crippen LogP contribution in [0.5, 0.6) is 0 Å². The minimum Gasteiger partial charge on any atom is -0.511 e. The molecule has 0 bridgehead atoms. The fourth-order valence-corrected chi connectivity index (χ4v) is 0. The van der Waals surface area contributed by atoms with Crippen molar-refractivity contribution in [1.82, 2.24) is 0 Å². The van der Waals surface area contributed by atoms with Crippen LogP contribution in [0.1, 0.15) is 0 Å². The Morgan fingerprint density at radius 1 is 2.00 bits per heavy atom. The van der Waals surface area contributed by atoms with Gasteiger partial charge in [0, 0.05) is 9.47 Å². The van der Waals surface area contributed by atoms with Crippen molar-refractivity contribution in [2.75, 3.05) is 0 Å². The monoisotopic (exact) mass is 110 g/mol. The lowest BCUT2D eigenvalue weighted by atomic mass is 15.8. The maximum Gasteiger partial charge on any atom is 0.767 e. The van der Waals surface area contributed by atoms with Gasteiger partial charge in [0.1, 0.15) is 0 Å². The van der Waals surface area contributed by atoms with Gasteiger partial charge in [0.2, 0.25) is 0 Å². The van der Waals surface area contributed by atoms with Crippen molar-refractivity contribution in [3.05, 3.63) is 0 Å². The molecule has 0 heterocycles. The van der Waals surface area contributed by atoms with E-state index in [2.05, 4.69) is 4.21 Å². The SMILES string of the molecule is O=[Si](O)OP. The van der Waals surface area contributed by atoms with Gasteiger partial charge in [-0.05, 0) is 0 Å². The van der Waals surface area contributed by atoms with Gasteiger partial charge in [-0.2, -0.15) is 0 Å². The summed E-state index contributed by atoms with van der Waals surface area (Å²) in [5, 5.41) is 0. The normalized spacial score (nSPS) is 6.60. The standard InChI is InChI=1S/H3O3PSi/c1-5(2)3-4/h1H,4H2. The Labute approximate surface area is 33.1 Å². The highest BCUT2D eigenvalue weighted by molar-refractivity contribution is 7.11. The molecule has 0 saturated carbocycles. The van der Waals surface area contributed by atoms with Gasteiger partial charge in [0.15, 0.2) is 0 Å². The second kappa shape index (κ2) is 2.29. The van der Waals surface area contributed by atoms with Crippen LogP contribution in [0.3, 0.4) is 0 Å². The van der Waals surface area contributed by atoms with Crippen LogP contribution >= 0.6 is 9.47 Å². The van der Waals surface area contributed by atoms with Crippen molar-refractivity contribution >= 4 is 18.6 Å². The first-order valence-electron chi connectivity index (χ1n) is 0.868. The zero-order valence-electron chi connectivity index (χ0n) is 2.34. The van der Waals surface area contributed by atoms with Gasteiger partial charge in [0.25, 0.3) is 0 Å². The molecule has 1 atom stereocenters. The minimum atomic E-state index is -2.66. The molecule has 0 aromatic heterocycles. The zero-order chi connectivity index (χ0) is 4.28. The molecule has 0 aliphatic carbocycles. The lowest BCUT2D eigenvalue weighted by molar-refractivity contribution is 0.359. The summed E-state index contributed by atoms with van der Waals surface area (Å²) >= 11 is 0. The molecule has 0 fully saturated rings. The molecule has 0 radical (unpaired) electrons. The average Bonchev–Trinajstić information content (AvgIpc) is 1.38. The van der Waals surface area contributed by atoms with Gasteiger partial charge in [0.05, 0.1) is 0 Å². The molecule has 5 heavy (non-hydrogen) atoms. The fourth-order valence-electron chi connectivity index (χ4n) is 0. The van der Waals surface area contributed by atoms with Crippen LogP contribution in [0.25, 0.3) is 0 Å². The van der Waals surface area contributed by atoms with E-state index in [9.17, 15) is 4.46 Å². The predicted octanol–water partition coefficient (Wildman–Crippen LogP) is -0.799. The van der Waals surface area contributed by atoms with Crippen molar-refractivity contribution in [3.8, 4) is 0 Å². The number of rotatable bonds is 1. The molecule has 0 amide bonds. The summed E-state index contributed by atoms with van der Waals surface area (Å²) in [7, 11) is -0.984. The van der Waals surface area contributed by atoms with Crippen LogP contribution < -0.4 is 0 Å². The first-order chi connectivity index (χ1) is 2.27. The van der Waals surface area contributed by atoms with Crippen LogP contribution in [0.15, 0.2) is 0 Å². The molecule has 30 valence electrons. The van der Waals surface area contributed by atoms with Crippen molar-refractivity contribution in [2.24, 2.45) is 0 Å². The third-order valence-corrected chi connectivity index (χ3v) is 0.907. The van der Waals surface area contributed by atoms with Gasteiger partial charge in [-0.3, -0.25) is 4.46 Å². The van der Waals surface area contributed by atoms with Gasteiger partial charge in [-0.25, -0.2) is 0 Å². The van der Waals surface area contributed by atoms with Crippen molar-refractivity contribution < 1.29 is 13.5 Å². The molecular formula is H3O3PSi. The second-order valence-electron chi connectivity index (χ2n) is 0.384. The molecule has 0 aromatic rings. The Kier molecular flexibility index (Phi) is 2.32. The van der Waals surface area contributed by atoms with Crippen LogP contribution in [0.2, 0.25) is 0 Å². The highest BCUT2D eigenvalue weighted by atomic mass is 31.0. The van der Waals surface area contributed by atoms with Gasteiger partial charge in [-0.1, -0.05) is 0 Å². The van der Waals surface area contributed by atoms with E-state index < -0.39 is 9.17 Å². The summed E-state index contributed by atoms with van der Waals surface area (Å²) in [6.07, 6.45) is 0. The highest BCUT2D eigenvalue weighted by Crippen LogP contribution is 1.76. The van der Waals surface area contributed by atoms with Crippen LogP contribution in [0, 0.1) is 0 Å². The zero-order valence-corrected chi connectivity index (χ0v) is 4.50. The second-order valence-corrected chi connectivity index (χ2v) is 1.86. The molecule has 5 heteroatoms. The molecule has 0 saturated heterocycles. The van der Waals surface area contributed by atoms with Crippen LogP contribution in [-0.2, 0) is 8.67 Å². The van der Waals surface area contributed by atoms with E-state index in [1.807, 2.05) is 0 Å². The summed E-state index contributed by atoms with van der Waals surface area (Å²) < 4.78 is 13.1. The first kappa shape index (κ1) is 5.05. The van der Waals surface area contributed by atoms with Gasteiger partial charge >= 0.3 is 9.17 Å². The summed E-state index contributed by atoms with van der Waals surface area (Å²) in [5.41, 5.74) is 0. The first-order valence-corrected chi connectivity index (χ1v) is 2.60. The molecule has 1 N–H and O–H groups in total. The van der Waals surface area contributed by atoms with Crippen LogP contribution in [0.4, 0.5) is 0 Å². The maximum atomic E-state index is 9.31. The molecule has 0 aliphatic rings. The van der Waals surface area contributed by atoms with E-state index in [0.717, 1.165) is 0 Å². The number of hydrogen-bond donors (Lipinski definition) is 1. The fraction of sp³-hybridized carbons (Fsp3) is 0. The third kappa shape index (κ3) is 4.05. The molecule has 0 aromatic carbocycles. The molecule has 0 aliphatic heterocycles. The maximum absolute atomic E-state index is 9.31. The van der Waals surface area contributed by atoms with Crippen molar-refractivity contribution in [1.29, 1.82) is 0 Å². The molecule has 3 nitrogen and oxygen atoms in total. The Balaban J connectivity index is 2.85. The van der Waals surface area contributed by atoms with E-state index >= 15 is 0 Å². The van der Waals surface area contributed by atoms with Gasteiger partial charge in [-0.15, -0.1) is 0 Å². The smallest absolute Gasteiger partial charge is 0.511 e. The lowest BCUT2D eigenvalue weighted by Gasteiger charge is -1.76. The molecule has 1 unspecified atom stereocenters. The van der Waals surface area contributed by atoms with E-state index in [4.69, 9.17) is 4.80 Å². The summed E-state index contributed by atoms with van der Waals surface area (Å²) in [5.74, 6) is 0. The molecular weight excluding hydrogens is 107 g/mol. The Bertz CT molecular complexity index is 42.2. The lowest BCUT2D eigenvalue weighted by Crippen LogP contribution is -1.93. The van der Waals surface area contributed by atoms with E-state index in [1.165, 1.54) is 0 Å². The molecule has 0 spiro atoms.